The molecule has 0 spiro atoms. The molecule has 0 radical (unpaired) electrons. The molecule has 13 heteroatoms. The van der Waals surface area contributed by atoms with Gasteiger partial charge in [-0.2, -0.15) is 9.37 Å². The Balaban J connectivity index is 1.44. The number of nitrogens with zero attached hydrogens (tertiary/aromatic N) is 5. The molecule has 1 saturated carbocycles. The zero-order valence-electron chi connectivity index (χ0n) is 26.7. The molecule has 4 aromatic rings. The summed E-state index contributed by atoms with van der Waals surface area (Å²) >= 11 is 0. The number of benzene rings is 2. The first-order chi connectivity index (χ1) is 22.5. The molecule has 47 heavy (non-hydrogen) atoms. The Kier molecular flexibility index (Phi) is 9.09. The number of hydrogen-bond acceptors (Lipinski definition) is 9. The Hall–Kier alpha value is -4.65. The number of fused-ring (bicyclic) bond motifs is 4. The molecule has 0 unspecified atom stereocenters. The first kappa shape index (κ1) is 32.3. The number of nitrogens with one attached hydrogen (secondary N) is 1. The van der Waals surface area contributed by atoms with Gasteiger partial charge in [0.2, 0.25) is 11.8 Å². The predicted octanol–water partition coefficient (Wildman–Crippen LogP) is 5.87. The number of halogens is 1. The van der Waals surface area contributed by atoms with Crippen LogP contribution in [0, 0.1) is 25.6 Å². The Morgan fingerprint density at radius 1 is 1.06 bits per heavy atom. The molecule has 246 valence electrons. The second kappa shape index (κ2) is 13.2. The monoisotopic (exact) mass is 660 g/mol. The minimum atomic E-state index is -4.30. The topological polar surface area (TPSA) is 136 Å². The molecule has 1 N–H and O–H groups in total. The molecule has 4 bridgehead atoms. The maximum atomic E-state index is 16.2. The fourth-order valence-corrected chi connectivity index (χ4v) is 6.74. The maximum absolute atomic E-state index is 16.2. The SMILES string of the molecule is Cc1cccc(C)c1-c1nc2nc(c1F)OC[C@@H](CC(C)C)N(Cc1ncc(OC3CCC3)cn1)C(=O)c1cccc(c1)S(=O)(=O)N2. The quantitative estimate of drug-likeness (QED) is 0.258. The molecule has 3 heterocycles. The molecule has 2 aromatic carbocycles. The van der Waals surface area contributed by atoms with E-state index in [1.165, 1.54) is 18.2 Å². The van der Waals surface area contributed by atoms with Gasteiger partial charge in [0.1, 0.15) is 18.1 Å². The second-order valence-electron chi connectivity index (χ2n) is 12.4. The summed E-state index contributed by atoms with van der Waals surface area (Å²) in [7, 11) is -4.30. The predicted molar refractivity (Wildman–Crippen MR) is 173 cm³/mol. The third kappa shape index (κ3) is 7.04. The van der Waals surface area contributed by atoms with Gasteiger partial charge in [-0.3, -0.25) is 4.79 Å². The van der Waals surface area contributed by atoms with Crippen molar-refractivity contribution in [3.8, 4) is 22.9 Å². The van der Waals surface area contributed by atoms with Crippen LogP contribution in [0.15, 0.2) is 59.8 Å². The van der Waals surface area contributed by atoms with E-state index in [2.05, 4.69) is 24.7 Å². The molecular formula is C34H37FN6O5S. The molecule has 1 fully saturated rings. The van der Waals surface area contributed by atoms with Crippen molar-refractivity contribution in [1.29, 1.82) is 0 Å². The molecule has 1 atom stereocenters. The zero-order valence-corrected chi connectivity index (χ0v) is 27.6. The highest BCUT2D eigenvalue weighted by Gasteiger charge is 2.31. The van der Waals surface area contributed by atoms with Crippen LogP contribution in [0.2, 0.25) is 0 Å². The van der Waals surface area contributed by atoms with Gasteiger partial charge < -0.3 is 14.4 Å². The standard InChI is InChI=1S/C34H37FN6O5S/c1-20(2)14-24-19-45-32-30(35)31(29-21(3)8-5-9-22(29)4)38-34(39-32)40-47(43,44)27-13-6-10-23(15-27)33(42)41(24)18-28-36-16-26(17-37-28)46-25-11-7-12-25/h5-6,8-10,13,15-17,20,24-25H,7,11-12,14,18-19H2,1-4H3,(H,38,39,40)/t24-/m1/s1. The van der Waals surface area contributed by atoms with Crippen LogP contribution in [-0.4, -0.2) is 57.9 Å². The molecule has 2 aliphatic rings. The van der Waals surface area contributed by atoms with Crippen molar-refractivity contribution < 1.29 is 27.1 Å². The number of amides is 1. The zero-order chi connectivity index (χ0) is 33.3. The van der Waals surface area contributed by atoms with Crippen LogP contribution >= 0.6 is 0 Å². The smallest absolute Gasteiger partial charge is 0.264 e. The maximum Gasteiger partial charge on any atom is 0.264 e. The summed E-state index contributed by atoms with van der Waals surface area (Å²) in [6, 6.07) is 10.6. The molecule has 6 rings (SSSR count). The van der Waals surface area contributed by atoms with Gasteiger partial charge in [-0.15, -0.1) is 0 Å². The minimum Gasteiger partial charge on any atom is -0.487 e. The number of carbonyl (C=O) groups is 1. The molecule has 1 aliphatic heterocycles. The largest absolute Gasteiger partial charge is 0.487 e. The minimum absolute atomic E-state index is 0.0102. The number of aryl methyl sites for hydroxylation is 2. The molecule has 0 saturated heterocycles. The lowest BCUT2D eigenvalue weighted by molar-refractivity contribution is 0.0542. The van der Waals surface area contributed by atoms with E-state index in [1.807, 2.05) is 45.9 Å². The summed E-state index contributed by atoms with van der Waals surface area (Å²) in [6.07, 6.45) is 6.93. The number of hydrogen-bond donors (Lipinski definition) is 1. The lowest BCUT2D eigenvalue weighted by Crippen LogP contribution is -2.44. The van der Waals surface area contributed by atoms with Crippen molar-refractivity contribution in [2.75, 3.05) is 11.3 Å². The number of anilines is 1. The van der Waals surface area contributed by atoms with Crippen molar-refractivity contribution in [3.05, 3.63) is 83.2 Å². The van der Waals surface area contributed by atoms with Crippen LogP contribution in [-0.2, 0) is 16.6 Å². The lowest BCUT2D eigenvalue weighted by Gasteiger charge is -2.32. The number of rotatable bonds is 7. The third-order valence-corrected chi connectivity index (χ3v) is 9.69. The van der Waals surface area contributed by atoms with Crippen LogP contribution < -0.4 is 14.2 Å². The van der Waals surface area contributed by atoms with Gasteiger partial charge in [-0.05, 0) is 74.8 Å². The van der Waals surface area contributed by atoms with E-state index in [-0.39, 0.29) is 47.3 Å². The van der Waals surface area contributed by atoms with Crippen LogP contribution in [0.3, 0.4) is 0 Å². The van der Waals surface area contributed by atoms with Gasteiger partial charge in [-0.25, -0.2) is 28.1 Å². The number of ether oxygens (including phenoxy) is 2. The van der Waals surface area contributed by atoms with Gasteiger partial charge in [0.25, 0.3) is 21.8 Å². The average Bonchev–Trinajstić information content (AvgIpc) is 3.01. The van der Waals surface area contributed by atoms with Gasteiger partial charge in [0.15, 0.2) is 5.75 Å². The Labute approximate surface area is 273 Å². The summed E-state index contributed by atoms with van der Waals surface area (Å²) in [6.45, 7) is 7.50. The summed E-state index contributed by atoms with van der Waals surface area (Å²) in [4.78, 5) is 33.0. The van der Waals surface area contributed by atoms with Crippen molar-refractivity contribution in [2.24, 2.45) is 5.92 Å². The van der Waals surface area contributed by atoms with E-state index in [0.29, 0.717) is 23.6 Å². The molecule has 11 nitrogen and oxygen atoms in total. The molecule has 2 aromatic heterocycles. The Morgan fingerprint density at radius 2 is 1.77 bits per heavy atom. The second-order valence-corrected chi connectivity index (χ2v) is 14.1. The lowest BCUT2D eigenvalue weighted by atomic mass is 9.96. The Morgan fingerprint density at radius 3 is 2.43 bits per heavy atom. The first-order valence-electron chi connectivity index (χ1n) is 15.7. The van der Waals surface area contributed by atoms with Gasteiger partial charge >= 0.3 is 0 Å². The van der Waals surface area contributed by atoms with E-state index >= 15 is 4.39 Å². The third-order valence-electron chi connectivity index (χ3n) is 8.36. The van der Waals surface area contributed by atoms with Crippen molar-refractivity contribution in [2.45, 2.75) is 77.0 Å². The normalized spacial score (nSPS) is 17.9. The fourth-order valence-electron chi connectivity index (χ4n) is 5.75. The van der Waals surface area contributed by atoms with Gasteiger partial charge in [0, 0.05) is 11.1 Å². The van der Waals surface area contributed by atoms with E-state index in [1.54, 1.807) is 23.4 Å². The highest BCUT2D eigenvalue weighted by molar-refractivity contribution is 7.92. The van der Waals surface area contributed by atoms with E-state index in [9.17, 15) is 13.2 Å². The highest BCUT2D eigenvalue weighted by Crippen LogP contribution is 2.34. The van der Waals surface area contributed by atoms with Crippen LogP contribution in [0.5, 0.6) is 11.6 Å². The Bertz CT molecular complexity index is 1880. The first-order valence-corrected chi connectivity index (χ1v) is 17.1. The average molecular weight is 661 g/mol. The van der Waals surface area contributed by atoms with E-state index in [4.69, 9.17) is 9.47 Å². The summed E-state index contributed by atoms with van der Waals surface area (Å²) < 4.78 is 57.7. The fraction of sp³-hybridized carbons (Fsp3) is 0.382. The molecule has 1 aliphatic carbocycles. The number of sulfonamides is 1. The van der Waals surface area contributed by atoms with Gasteiger partial charge in [0.05, 0.1) is 36.0 Å². The van der Waals surface area contributed by atoms with Gasteiger partial charge in [-0.1, -0.05) is 38.1 Å². The molecule has 1 amide bonds. The summed E-state index contributed by atoms with van der Waals surface area (Å²) in [5, 5.41) is 0. The number of carbonyl (C=O) groups excluding carboxylic acids is 1. The van der Waals surface area contributed by atoms with Crippen molar-refractivity contribution >= 4 is 21.9 Å². The summed E-state index contributed by atoms with van der Waals surface area (Å²) in [5.74, 6) is -1.07. The van der Waals surface area contributed by atoms with E-state index < -0.39 is 33.7 Å². The summed E-state index contributed by atoms with van der Waals surface area (Å²) in [5.41, 5.74) is 2.03. The molecular weight excluding hydrogens is 623 g/mol. The number of aromatic nitrogens is 4. The van der Waals surface area contributed by atoms with Crippen molar-refractivity contribution in [3.63, 3.8) is 0 Å². The van der Waals surface area contributed by atoms with Crippen LogP contribution in [0.4, 0.5) is 10.3 Å². The van der Waals surface area contributed by atoms with Crippen LogP contribution in [0.25, 0.3) is 11.3 Å². The van der Waals surface area contributed by atoms with Crippen molar-refractivity contribution in [1.82, 2.24) is 24.8 Å². The van der Waals surface area contributed by atoms with Crippen LogP contribution in [0.1, 0.15) is 66.8 Å². The highest BCUT2D eigenvalue weighted by atomic mass is 32.2. The van der Waals surface area contributed by atoms with E-state index in [0.717, 1.165) is 30.4 Å².